The van der Waals surface area contributed by atoms with Crippen LogP contribution in [0, 0.1) is 0 Å². The van der Waals surface area contributed by atoms with Crippen molar-refractivity contribution in [3.05, 3.63) is 66.5 Å². The van der Waals surface area contributed by atoms with E-state index in [-0.39, 0.29) is 23.5 Å². The Kier molecular flexibility index (Phi) is 5.11. The van der Waals surface area contributed by atoms with Crippen molar-refractivity contribution < 1.29 is 17.9 Å². The Morgan fingerprint density at radius 2 is 2.00 bits per heavy atom. The van der Waals surface area contributed by atoms with Gasteiger partial charge in [-0.05, 0) is 42.0 Å². The third-order valence-electron chi connectivity index (χ3n) is 5.86. The fraction of sp³-hybridized carbons (Fsp3) is 0.304. The second-order valence-corrected chi connectivity index (χ2v) is 9.74. The molecule has 1 fully saturated rings. The van der Waals surface area contributed by atoms with E-state index < -0.39 is 10.0 Å². The van der Waals surface area contributed by atoms with E-state index in [4.69, 9.17) is 4.74 Å². The molecule has 5 rings (SSSR count). The van der Waals surface area contributed by atoms with Gasteiger partial charge in [0.1, 0.15) is 6.54 Å². The van der Waals surface area contributed by atoms with Crippen molar-refractivity contribution >= 4 is 32.4 Å². The Bertz CT molecular complexity index is 1220. The van der Waals surface area contributed by atoms with Crippen molar-refractivity contribution in [3.63, 3.8) is 0 Å². The van der Waals surface area contributed by atoms with Crippen LogP contribution in [0.1, 0.15) is 18.4 Å². The highest BCUT2D eigenvalue weighted by Gasteiger charge is 2.37. The van der Waals surface area contributed by atoms with Gasteiger partial charge in [0, 0.05) is 37.5 Å². The van der Waals surface area contributed by atoms with Gasteiger partial charge in [-0.1, -0.05) is 30.3 Å². The molecule has 0 saturated carbocycles. The summed E-state index contributed by atoms with van der Waals surface area (Å²) >= 11 is 0. The number of hydrogen-bond acceptors (Lipinski definition) is 5. The topological polar surface area (TPSA) is 79.8 Å². The Hall–Kier alpha value is -2.97. The highest BCUT2D eigenvalue weighted by atomic mass is 32.2. The first-order chi connectivity index (χ1) is 15.0. The van der Waals surface area contributed by atoms with Gasteiger partial charge in [-0.25, -0.2) is 8.42 Å². The van der Waals surface area contributed by atoms with Gasteiger partial charge in [0.15, 0.2) is 0 Å². The summed E-state index contributed by atoms with van der Waals surface area (Å²) in [5.74, 6) is -0.257. The Morgan fingerprint density at radius 1 is 1.16 bits per heavy atom. The average molecular weight is 438 g/mol. The van der Waals surface area contributed by atoms with E-state index in [1.54, 1.807) is 35.5 Å². The van der Waals surface area contributed by atoms with Crippen LogP contribution in [-0.2, 0) is 26.1 Å². The predicted octanol–water partition coefficient (Wildman–Crippen LogP) is 2.95. The number of rotatable bonds is 6. The molecule has 8 heteroatoms. The predicted molar refractivity (Wildman–Crippen MR) is 117 cm³/mol. The van der Waals surface area contributed by atoms with Crippen molar-refractivity contribution in [1.82, 2.24) is 9.88 Å². The first-order valence-corrected chi connectivity index (χ1v) is 11.8. The minimum Gasteiger partial charge on any atom is -0.376 e. The number of amides is 1. The van der Waals surface area contributed by atoms with E-state index in [9.17, 15) is 13.2 Å². The zero-order chi connectivity index (χ0) is 21.4. The minimum atomic E-state index is -3.78. The number of carbonyl (C=O) groups excluding carboxylic acids is 1. The van der Waals surface area contributed by atoms with Crippen LogP contribution in [0.4, 0.5) is 5.69 Å². The lowest BCUT2D eigenvalue weighted by atomic mass is 10.1. The molecule has 0 radical (unpaired) electrons. The quantitative estimate of drug-likeness (QED) is 0.592. The number of hydrogen-bond donors (Lipinski definition) is 0. The van der Waals surface area contributed by atoms with Crippen LogP contribution in [0.2, 0.25) is 0 Å². The monoisotopic (exact) mass is 437 g/mol. The normalized spacial score (nSPS) is 19.1. The molecule has 0 bridgehead atoms. The van der Waals surface area contributed by atoms with E-state index in [0.29, 0.717) is 30.8 Å². The molecule has 1 unspecified atom stereocenters. The van der Waals surface area contributed by atoms with Gasteiger partial charge in [0.2, 0.25) is 5.91 Å². The maximum atomic E-state index is 13.4. The summed E-state index contributed by atoms with van der Waals surface area (Å²) < 4.78 is 33.5. The van der Waals surface area contributed by atoms with Crippen LogP contribution in [-0.4, -0.2) is 50.0 Å². The van der Waals surface area contributed by atoms with Crippen LogP contribution in [0.5, 0.6) is 0 Å². The molecule has 0 aliphatic carbocycles. The molecular weight excluding hydrogens is 414 g/mol. The Morgan fingerprint density at radius 3 is 2.74 bits per heavy atom. The number of aromatic nitrogens is 1. The average Bonchev–Trinajstić information content (AvgIpc) is 3.36. The number of anilines is 1. The summed E-state index contributed by atoms with van der Waals surface area (Å²) in [4.78, 5) is 19.5. The Balaban J connectivity index is 1.44. The first-order valence-electron chi connectivity index (χ1n) is 10.4. The standard InChI is InChI=1S/C23H23N3O4S/c27-22(25(15-19-8-4-12-30-19)14-17-5-3-11-24-13-17)16-26-20-9-1-6-18-7-2-10-21(23(18)20)31(26,28)29/h1-3,5-7,9-11,13,19H,4,8,12,14-16H2. The van der Waals surface area contributed by atoms with Crippen molar-refractivity contribution in [2.75, 3.05) is 24.0 Å². The van der Waals surface area contributed by atoms with Gasteiger partial charge < -0.3 is 9.64 Å². The summed E-state index contributed by atoms with van der Waals surface area (Å²) in [6.07, 6.45) is 5.24. The van der Waals surface area contributed by atoms with Crippen LogP contribution >= 0.6 is 0 Å². The van der Waals surface area contributed by atoms with Crippen molar-refractivity contribution in [1.29, 1.82) is 0 Å². The van der Waals surface area contributed by atoms with Gasteiger partial charge in [0.25, 0.3) is 10.0 Å². The maximum absolute atomic E-state index is 13.4. The second-order valence-electron chi connectivity index (χ2n) is 7.91. The number of pyridine rings is 1. The molecule has 1 atom stereocenters. The molecule has 3 aromatic rings. The molecule has 1 aromatic heterocycles. The number of sulfonamides is 1. The van der Waals surface area contributed by atoms with Crippen molar-refractivity contribution in [2.24, 2.45) is 0 Å². The summed E-state index contributed by atoms with van der Waals surface area (Å²) in [6, 6.07) is 14.4. The van der Waals surface area contributed by atoms with E-state index in [1.165, 1.54) is 4.31 Å². The van der Waals surface area contributed by atoms with Gasteiger partial charge >= 0.3 is 0 Å². The number of carbonyl (C=O) groups is 1. The summed E-state index contributed by atoms with van der Waals surface area (Å²) in [5, 5.41) is 1.52. The molecule has 1 amide bonds. The van der Waals surface area contributed by atoms with Crippen LogP contribution < -0.4 is 4.31 Å². The second kappa shape index (κ2) is 7.94. The molecule has 2 aliphatic rings. The fourth-order valence-electron chi connectivity index (χ4n) is 4.35. The molecular formula is C23H23N3O4S. The molecule has 160 valence electrons. The lowest BCUT2D eigenvalue weighted by Crippen LogP contribution is -2.44. The fourth-order valence-corrected chi connectivity index (χ4v) is 6.01. The zero-order valence-corrected chi connectivity index (χ0v) is 17.8. The van der Waals surface area contributed by atoms with Gasteiger partial charge in [0.05, 0.1) is 16.7 Å². The van der Waals surface area contributed by atoms with E-state index >= 15 is 0 Å². The lowest BCUT2D eigenvalue weighted by Gasteiger charge is -2.28. The minimum absolute atomic E-state index is 0.0311. The van der Waals surface area contributed by atoms with E-state index in [0.717, 1.165) is 23.8 Å². The molecule has 3 heterocycles. The van der Waals surface area contributed by atoms with Crippen LogP contribution in [0.3, 0.4) is 0 Å². The zero-order valence-electron chi connectivity index (χ0n) is 17.0. The third-order valence-corrected chi connectivity index (χ3v) is 7.66. The molecule has 31 heavy (non-hydrogen) atoms. The number of benzene rings is 2. The van der Waals surface area contributed by atoms with Gasteiger partial charge in [-0.15, -0.1) is 0 Å². The molecule has 1 saturated heterocycles. The first kappa shape index (κ1) is 20.0. The highest BCUT2D eigenvalue weighted by Crippen LogP contribution is 2.41. The SMILES string of the molecule is O=C(CN1c2cccc3cccc(c23)S1(=O)=O)N(Cc1cccnc1)CC1CCCO1. The van der Waals surface area contributed by atoms with Crippen molar-refractivity contribution in [2.45, 2.75) is 30.4 Å². The van der Waals surface area contributed by atoms with E-state index in [1.807, 2.05) is 30.3 Å². The molecule has 7 nitrogen and oxygen atoms in total. The Labute approximate surface area is 181 Å². The molecule has 2 aromatic carbocycles. The van der Waals surface area contributed by atoms with Crippen LogP contribution in [0.15, 0.2) is 65.8 Å². The highest BCUT2D eigenvalue weighted by molar-refractivity contribution is 7.93. The maximum Gasteiger partial charge on any atom is 0.265 e. The van der Waals surface area contributed by atoms with Crippen LogP contribution in [0.25, 0.3) is 10.8 Å². The molecule has 0 spiro atoms. The van der Waals surface area contributed by atoms with Gasteiger partial charge in [-0.2, -0.15) is 0 Å². The lowest BCUT2D eigenvalue weighted by molar-refractivity contribution is -0.131. The van der Waals surface area contributed by atoms with Crippen molar-refractivity contribution in [3.8, 4) is 0 Å². The molecule has 2 aliphatic heterocycles. The largest absolute Gasteiger partial charge is 0.376 e. The summed E-state index contributed by atoms with van der Waals surface area (Å²) in [7, 11) is -3.78. The number of ether oxygens (including phenoxy) is 1. The molecule has 0 N–H and O–H groups in total. The number of nitrogens with zero attached hydrogens (tertiary/aromatic N) is 3. The summed E-state index contributed by atoms with van der Waals surface area (Å²) in [6.45, 7) is 1.23. The van der Waals surface area contributed by atoms with E-state index in [2.05, 4.69) is 4.98 Å². The summed E-state index contributed by atoms with van der Waals surface area (Å²) in [5.41, 5.74) is 1.45. The van der Waals surface area contributed by atoms with Gasteiger partial charge in [-0.3, -0.25) is 14.1 Å². The smallest absolute Gasteiger partial charge is 0.265 e. The third kappa shape index (κ3) is 3.66.